The lowest BCUT2D eigenvalue weighted by Crippen LogP contribution is -2.33. The molecule has 2 aromatic carbocycles. The summed E-state index contributed by atoms with van der Waals surface area (Å²) >= 11 is 1.32. The van der Waals surface area contributed by atoms with Crippen LogP contribution in [0.25, 0.3) is 0 Å². The highest BCUT2D eigenvalue weighted by molar-refractivity contribution is 8.00. The zero-order valence-electron chi connectivity index (χ0n) is 13.6. The number of rotatable bonds is 5. The van der Waals surface area contributed by atoms with E-state index in [1.807, 2.05) is 81.4 Å². The van der Waals surface area contributed by atoms with Crippen LogP contribution in [0.3, 0.4) is 0 Å². The summed E-state index contributed by atoms with van der Waals surface area (Å²) in [5.74, 6) is -0.414. The van der Waals surface area contributed by atoms with Gasteiger partial charge < -0.3 is 9.84 Å². The van der Waals surface area contributed by atoms with E-state index in [1.165, 1.54) is 11.8 Å². The van der Waals surface area contributed by atoms with Crippen LogP contribution in [-0.2, 0) is 9.53 Å². The lowest BCUT2D eigenvalue weighted by atomic mass is 10.1. The molecule has 0 heterocycles. The first-order valence-corrected chi connectivity index (χ1v) is 8.42. The number of aliphatic hydroxyl groups is 1. The highest BCUT2D eigenvalue weighted by atomic mass is 32.2. The molecule has 0 aliphatic rings. The van der Waals surface area contributed by atoms with E-state index in [0.717, 1.165) is 4.90 Å². The predicted molar refractivity (Wildman–Crippen MR) is 93.3 cm³/mol. The van der Waals surface area contributed by atoms with Gasteiger partial charge in [-0.25, -0.2) is 0 Å². The number of ether oxygens (including phenoxy) is 1. The van der Waals surface area contributed by atoms with E-state index < -0.39 is 22.9 Å². The molecule has 1 N–H and O–H groups in total. The molecule has 122 valence electrons. The Morgan fingerprint density at radius 3 is 2.04 bits per heavy atom. The van der Waals surface area contributed by atoms with Crippen molar-refractivity contribution in [3.05, 3.63) is 66.2 Å². The van der Waals surface area contributed by atoms with Crippen molar-refractivity contribution in [2.75, 3.05) is 0 Å². The first-order valence-electron chi connectivity index (χ1n) is 7.54. The van der Waals surface area contributed by atoms with Gasteiger partial charge in [-0.1, -0.05) is 48.5 Å². The number of benzene rings is 2. The summed E-state index contributed by atoms with van der Waals surface area (Å²) in [5, 5.41) is 9.96. The Morgan fingerprint density at radius 2 is 1.52 bits per heavy atom. The molecule has 0 aliphatic heterocycles. The summed E-state index contributed by atoms with van der Waals surface area (Å²) in [6, 6.07) is 18.8. The number of aliphatic hydroxyl groups excluding tert-OH is 1. The molecule has 0 bridgehead atoms. The molecular formula is C19H22O3S. The van der Waals surface area contributed by atoms with Crippen LogP contribution in [0.2, 0.25) is 0 Å². The smallest absolute Gasteiger partial charge is 0.322 e. The first-order chi connectivity index (χ1) is 10.9. The van der Waals surface area contributed by atoms with E-state index in [0.29, 0.717) is 5.56 Å². The second kappa shape index (κ2) is 7.66. The van der Waals surface area contributed by atoms with Crippen molar-refractivity contribution in [1.29, 1.82) is 0 Å². The predicted octanol–water partition coefficient (Wildman–Crippen LogP) is 4.22. The zero-order valence-corrected chi connectivity index (χ0v) is 14.4. The summed E-state index contributed by atoms with van der Waals surface area (Å²) in [6.45, 7) is 5.47. The Hall–Kier alpha value is -1.78. The molecule has 0 spiro atoms. The monoisotopic (exact) mass is 330 g/mol. The fourth-order valence-corrected chi connectivity index (χ4v) is 3.11. The van der Waals surface area contributed by atoms with Crippen molar-refractivity contribution in [1.82, 2.24) is 0 Å². The molecule has 0 aromatic heterocycles. The molecule has 0 aliphatic carbocycles. The maximum atomic E-state index is 12.6. The summed E-state index contributed by atoms with van der Waals surface area (Å²) in [4.78, 5) is 13.5. The highest BCUT2D eigenvalue weighted by Gasteiger charge is 2.33. The van der Waals surface area contributed by atoms with E-state index in [2.05, 4.69) is 0 Å². The van der Waals surface area contributed by atoms with Crippen molar-refractivity contribution in [3.63, 3.8) is 0 Å². The van der Waals surface area contributed by atoms with Gasteiger partial charge in [-0.3, -0.25) is 4.79 Å². The molecule has 4 heteroatoms. The third-order valence-electron chi connectivity index (χ3n) is 3.07. The number of carbonyl (C=O) groups is 1. The second-order valence-corrected chi connectivity index (χ2v) is 7.46. The molecule has 2 aromatic rings. The fraction of sp³-hybridized carbons (Fsp3) is 0.316. The summed E-state index contributed by atoms with van der Waals surface area (Å²) in [6.07, 6.45) is -0.934. The summed E-state index contributed by atoms with van der Waals surface area (Å²) in [5.41, 5.74) is 0.106. The van der Waals surface area contributed by atoms with Crippen molar-refractivity contribution in [2.45, 2.75) is 42.6 Å². The van der Waals surface area contributed by atoms with Crippen LogP contribution >= 0.6 is 11.8 Å². The van der Waals surface area contributed by atoms with Crippen LogP contribution in [0.1, 0.15) is 32.4 Å². The van der Waals surface area contributed by atoms with Gasteiger partial charge in [0.1, 0.15) is 17.0 Å². The molecule has 0 unspecified atom stereocenters. The summed E-state index contributed by atoms with van der Waals surface area (Å²) < 4.78 is 5.49. The van der Waals surface area contributed by atoms with Crippen LogP contribution in [0.5, 0.6) is 0 Å². The van der Waals surface area contributed by atoms with Gasteiger partial charge in [0.15, 0.2) is 0 Å². The van der Waals surface area contributed by atoms with Gasteiger partial charge in [0.25, 0.3) is 0 Å². The van der Waals surface area contributed by atoms with E-state index in [-0.39, 0.29) is 0 Å². The largest absolute Gasteiger partial charge is 0.459 e. The zero-order chi connectivity index (χ0) is 16.9. The minimum absolute atomic E-state index is 0.414. The number of carbonyl (C=O) groups excluding carboxylic acids is 1. The number of hydrogen-bond donors (Lipinski definition) is 1. The number of hydrogen-bond acceptors (Lipinski definition) is 4. The molecule has 3 nitrogen and oxygen atoms in total. The lowest BCUT2D eigenvalue weighted by Gasteiger charge is -2.26. The minimum atomic E-state index is -0.934. The topological polar surface area (TPSA) is 46.5 Å². The molecule has 0 radical (unpaired) electrons. The van der Waals surface area contributed by atoms with E-state index in [1.54, 1.807) is 0 Å². The maximum Gasteiger partial charge on any atom is 0.322 e. The van der Waals surface area contributed by atoms with E-state index in [4.69, 9.17) is 4.74 Å². The van der Waals surface area contributed by atoms with Gasteiger partial charge in [0.05, 0.1) is 0 Å². The van der Waals surface area contributed by atoms with Crippen LogP contribution in [-0.4, -0.2) is 21.9 Å². The summed E-state index contributed by atoms with van der Waals surface area (Å²) in [7, 11) is 0. The third kappa shape index (κ3) is 5.41. The Kier molecular flexibility index (Phi) is 5.85. The van der Waals surface area contributed by atoms with Gasteiger partial charge in [-0.15, -0.1) is 11.8 Å². The molecule has 0 fully saturated rings. The van der Waals surface area contributed by atoms with Crippen molar-refractivity contribution >= 4 is 17.7 Å². The molecule has 2 rings (SSSR count). The Labute approximate surface area is 141 Å². The fourth-order valence-electron chi connectivity index (χ4n) is 2.07. The van der Waals surface area contributed by atoms with Crippen molar-refractivity contribution in [3.8, 4) is 0 Å². The number of esters is 1. The van der Waals surface area contributed by atoms with Gasteiger partial charge >= 0.3 is 5.97 Å². The third-order valence-corrected chi connectivity index (χ3v) is 4.32. The van der Waals surface area contributed by atoms with Crippen LogP contribution < -0.4 is 0 Å². The SMILES string of the molecule is CC(C)(C)OC(=O)[C@@H](Sc1ccccc1)[C@@H](O)c1ccccc1. The molecule has 23 heavy (non-hydrogen) atoms. The van der Waals surface area contributed by atoms with E-state index >= 15 is 0 Å². The lowest BCUT2D eigenvalue weighted by molar-refractivity contribution is -0.156. The molecule has 0 saturated heterocycles. The maximum absolute atomic E-state index is 12.6. The van der Waals surface area contributed by atoms with Gasteiger partial charge in [-0.2, -0.15) is 0 Å². The normalized spacial score (nSPS) is 14.1. The van der Waals surface area contributed by atoms with Crippen molar-refractivity contribution in [2.24, 2.45) is 0 Å². The standard InChI is InChI=1S/C19H22O3S/c1-19(2,3)22-18(21)17(23-15-12-8-5-9-13-15)16(20)14-10-6-4-7-11-14/h4-13,16-17,20H,1-3H3/t16-,17-/m0/s1. The van der Waals surface area contributed by atoms with Gasteiger partial charge in [0, 0.05) is 4.90 Å². The average Bonchev–Trinajstić information content (AvgIpc) is 2.52. The number of thioether (sulfide) groups is 1. The quantitative estimate of drug-likeness (QED) is 0.658. The van der Waals surface area contributed by atoms with Crippen LogP contribution in [0.15, 0.2) is 65.6 Å². The average molecular weight is 330 g/mol. The van der Waals surface area contributed by atoms with Crippen LogP contribution in [0.4, 0.5) is 0 Å². The van der Waals surface area contributed by atoms with Crippen LogP contribution in [0, 0.1) is 0 Å². The second-order valence-electron chi connectivity index (χ2n) is 6.24. The van der Waals surface area contributed by atoms with Gasteiger partial charge in [0.2, 0.25) is 0 Å². The first kappa shape index (κ1) is 17.6. The van der Waals surface area contributed by atoms with E-state index in [9.17, 15) is 9.90 Å². The Morgan fingerprint density at radius 1 is 1.00 bits per heavy atom. The molecule has 2 atom stereocenters. The molecule has 0 amide bonds. The van der Waals surface area contributed by atoms with Gasteiger partial charge in [-0.05, 0) is 38.5 Å². The molecular weight excluding hydrogens is 308 g/mol. The van der Waals surface area contributed by atoms with Crippen molar-refractivity contribution < 1.29 is 14.6 Å². The Bertz CT molecular complexity index is 620. The Balaban J connectivity index is 2.25. The minimum Gasteiger partial charge on any atom is -0.459 e. The molecule has 0 saturated carbocycles. The highest BCUT2D eigenvalue weighted by Crippen LogP contribution is 2.34.